The first kappa shape index (κ1) is 12.4. The maximum absolute atomic E-state index is 5.22. The predicted molar refractivity (Wildman–Crippen MR) is 73.3 cm³/mol. The maximum atomic E-state index is 5.22. The minimum absolute atomic E-state index is 0.827. The van der Waals surface area contributed by atoms with E-state index in [0.717, 1.165) is 31.6 Å². The molecule has 1 N–H and O–H groups in total. The second-order valence-corrected chi connectivity index (χ2v) is 4.06. The van der Waals surface area contributed by atoms with E-state index in [0.29, 0.717) is 0 Å². The normalized spacial score (nSPS) is 10.2. The van der Waals surface area contributed by atoms with Crippen molar-refractivity contribution in [2.24, 2.45) is 0 Å². The summed E-state index contributed by atoms with van der Waals surface area (Å²) in [6.07, 6.45) is 10.8. The van der Waals surface area contributed by atoms with Gasteiger partial charge in [0.25, 0.3) is 0 Å². The maximum Gasteiger partial charge on any atom is 0.0690 e. The number of hydrogen-bond donors (Lipinski definition) is 1. The van der Waals surface area contributed by atoms with E-state index in [1.54, 1.807) is 6.20 Å². The lowest BCUT2D eigenvalue weighted by atomic mass is 10.1. The van der Waals surface area contributed by atoms with E-state index in [1.165, 1.54) is 5.56 Å². The Morgan fingerprint density at radius 3 is 2.94 bits per heavy atom. The summed E-state index contributed by atoms with van der Waals surface area (Å²) >= 11 is 0. The van der Waals surface area contributed by atoms with Crippen molar-refractivity contribution in [2.75, 3.05) is 6.54 Å². The van der Waals surface area contributed by atoms with Crippen LogP contribution in [0.4, 0.5) is 0 Å². The molecular formula is C15H17N3. The number of nitrogens with one attached hydrogen (secondary N) is 1. The van der Waals surface area contributed by atoms with E-state index in [1.807, 2.05) is 29.1 Å². The molecule has 0 amide bonds. The number of terminal acetylenes is 1. The number of aromatic nitrogens is 2. The molecule has 0 unspecified atom stereocenters. The Bertz CT molecular complexity index is 509. The molecule has 0 bridgehead atoms. The summed E-state index contributed by atoms with van der Waals surface area (Å²) in [6.45, 7) is 1.78. The van der Waals surface area contributed by atoms with Crippen molar-refractivity contribution >= 4 is 0 Å². The average Bonchev–Trinajstić information content (AvgIpc) is 2.93. The van der Waals surface area contributed by atoms with Gasteiger partial charge >= 0.3 is 0 Å². The van der Waals surface area contributed by atoms with Crippen molar-refractivity contribution in [3.05, 3.63) is 48.3 Å². The molecule has 0 spiro atoms. The molecule has 2 aromatic rings. The van der Waals surface area contributed by atoms with Crippen molar-refractivity contribution in [1.29, 1.82) is 0 Å². The fourth-order valence-electron chi connectivity index (χ4n) is 1.83. The van der Waals surface area contributed by atoms with E-state index in [-0.39, 0.29) is 0 Å². The van der Waals surface area contributed by atoms with Crippen LogP contribution in [-0.2, 0) is 6.54 Å². The molecule has 1 aromatic carbocycles. The molecule has 3 nitrogen and oxygen atoms in total. The molecule has 92 valence electrons. The molecule has 18 heavy (non-hydrogen) atoms. The van der Waals surface area contributed by atoms with Crippen molar-refractivity contribution in [3.63, 3.8) is 0 Å². The van der Waals surface area contributed by atoms with Crippen molar-refractivity contribution in [2.45, 2.75) is 19.4 Å². The molecular weight excluding hydrogens is 222 g/mol. The number of benzene rings is 1. The molecule has 0 aliphatic rings. The Morgan fingerprint density at radius 2 is 2.17 bits per heavy atom. The van der Waals surface area contributed by atoms with Gasteiger partial charge in [0, 0.05) is 25.4 Å². The third kappa shape index (κ3) is 3.22. The zero-order valence-corrected chi connectivity index (χ0v) is 10.3. The summed E-state index contributed by atoms with van der Waals surface area (Å²) in [5.74, 6) is 2.65. The molecule has 0 atom stereocenters. The summed E-state index contributed by atoms with van der Waals surface area (Å²) in [5.41, 5.74) is 2.36. The highest BCUT2D eigenvalue weighted by molar-refractivity contribution is 5.40. The van der Waals surface area contributed by atoms with E-state index >= 15 is 0 Å². The van der Waals surface area contributed by atoms with E-state index in [9.17, 15) is 0 Å². The molecule has 0 radical (unpaired) electrons. The number of unbranched alkanes of at least 4 members (excludes halogenated alkanes) is 1. The van der Waals surface area contributed by atoms with Crippen LogP contribution < -0.4 is 5.32 Å². The van der Waals surface area contributed by atoms with E-state index < -0.39 is 0 Å². The Morgan fingerprint density at radius 1 is 1.28 bits per heavy atom. The molecule has 0 saturated heterocycles. The van der Waals surface area contributed by atoms with Gasteiger partial charge in [-0.05, 0) is 30.7 Å². The third-order valence-corrected chi connectivity index (χ3v) is 2.73. The summed E-state index contributed by atoms with van der Waals surface area (Å²) in [5, 5.41) is 7.67. The van der Waals surface area contributed by atoms with E-state index in [2.05, 4.69) is 28.5 Å². The van der Waals surface area contributed by atoms with Crippen molar-refractivity contribution in [3.8, 4) is 18.0 Å². The quantitative estimate of drug-likeness (QED) is 0.619. The van der Waals surface area contributed by atoms with Gasteiger partial charge in [0.1, 0.15) is 0 Å². The van der Waals surface area contributed by atoms with Gasteiger partial charge in [0.2, 0.25) is 0 Å². The largest absolute Gasteiger partial charge is 0.313 e. The summed E-state index contributed by atoms with van der Waals surface area (Å²) in [7, 11) is 0. The van der Waals surface area contributed by atoms with Crippen LogP contribution >= 0.6 is 0 Å². The Hall–Kier alpha value is -2.05. The Balaban J connectivity index is 1.98. The highest BCUT2D eigenvalue weighted by Crippen LogP contribution is 2.12. The SMILES string of the molecule is C#CCCCNCc1ccccc1-n1cccn1. The van der Waals surface area contributed by atoms with Crippen LogP contribution in [0.3, 0.4) is 0 Å². The molecule has 0 saturated carbocycles. The Labute approximate surface area is 108 Å². The summed E-state index contributed by atoms with van der Waals surface area (Å²) in [4.78, 5) is 0. The lowest BCUT2D eigenvalue weighted by molar-refractivity contribution is 0.655. The number of hydrogen-bond acceptors (Lipinski definition) is 2. The summed E-state index contributed by atoms with van der Waals surface area (Å²) in [6, 6.07) is 10.2. The minimum Gasteiger partial charge on any atom is -0.313 e. The van der Waals surface area contributed by atoms with Crippen molar-refractivity contribution in [1.82, 2.24) is 15.1 Å². The van der Waals surface area contributed by atoms with Crippen LogP contribution in [0.2, 0.25) is 0 Å². The lowest BCUT2D eigenvalue weighted by Gasteiger charge is -2.10. The smallest absolute Gasteiger partial charge is 0.0690 e. The molecule has 0 fully saturated rings. The fourth-order valence-corrected chi connectivity index (χ4v) is 1.83. The number of nitrogens with zero attached hydrogens (tertiary/aromatic N) is 2. The second kappa shape index (κ2) is 6.63. The van der Waals surface area contributed by atoms with Gasteiger partial charge in [0.05, 0.1) is 5.69 Å². The van der Waals surface area contributed by atoms with Gasteiger partial charge in [-0.15, -0.1) is 12.3 Å². The molecule has 1 heterocycles. The minimum atomic E-state index is 0.827. The monoisotopic (exact) mass is 239 g/mol. The van der Waals surface area contributed by atoms with Gasteiger partial charge in [0.15, 0.2) is 0 Å². The van der Waals surface area contributed by atoms with Gasteiger partial charge in [-0.3, -0.25) is 0 Å². The van der Waals surface area contributed by atoms with Gasteiger partial charge in [-0.2, -0.15) is 5.10 Å². The van der Waals surface area contributed by atoms with Crippen LogP contribution in [0.25, 0.3) is 5.69 Å². The van der Waals surface area contributed by atoms with Gasteiger partial charge in [-0.1, -0.05) is 18.2 Å². The second-order valence-electron chi connectivity index (χ2n) is 4.06. The van der Waals surface area contributed by atoms with Crippen LogP contribution in [0.5, 0.6) is 0 Å². The predicted octanol–water partition coefficient (Wildman–Crippen LogP) is 2.38. The topological polar surface area (TPSA) is 29.9 Å². The molecule has 3 heteroatoms. The zero-order valence-electron chi connectivity index (χ0n) is 10.3. The number of para-hydroxylation sites is 1. The first-order chi connectivity index (χ1) is 8.92. The zero-order chi connectivity index (χ0) is 12.6. The van der Waals surface area contributed by atoms with Crippen LogP contribution in [0.15, 0.2) is 42.7 Å². The highest BCUT2D eigenvalue weighted by Gasteiger charge is 2.03. The van der Waals surface area contributed by atoms with Crippen molar-refractivity contribution < 1.29 is 0 Å². The molecule has 0 aliphatic carbocycles. The van der Waals surface area contributed by atoms with Crippen LogP contribution in [-0.4, -0.2) is 16.3 Å². The number of rotatable bonds is 6. The van der Waals surface area contributed by atoms with Gasteiger partial charge in [-0.25, -0.2) is 4.68 Å². The lowest BCUT2D eigenvalue weighted by Crippen LogP contribution is -2.16. The fraction of sp³-hybridized carbons (Fsp3) is 0.267. The highest BCUT2D eigenvalue weighted by atomic mass is 15.3. The van der Waals surface area contributed by atoms with E-state index in [4.69, 9.17) is 6.42 Å². The van der Waals surface area contributed by atoms with Crippen LogP contribution in [0, 0.1) is 12.3 Å². The first-order valence-corrected chi connectivity index (χ1v) is 6.14. The third-order valence-electron chi connectivity index (χ3n) is 2.73. The van der Waals surface area contributed by atoms with Crippen LogP contribution in [0.1, 0.15) is 18.4 Å². The molecule has 1 aromatic heterocycles. The summed E-state index contributed by atoms with van der Waals surface area (Å²) < 4.78 is 1.89. The first-order valence-electron chi connectivity index (χ1n) is 6.14. The average molecular weight is 239 g/mol. The molecule has 2 rings (SSSR count). The standard InChI is InChI=1S/C15H17N3/c1-2-3-6-10-16-13-14-8-4-5-9-15(14)18-12-7-11-17-18/h1,4-5,7-9,11-12,16H,3,6,10,13H2. The molecule has 0 aliphatic heterocycles. The van der Waals surface area contributed by atoms with Gasteiger partial charge < -0.3 is 5.32 Å². The Kier molecular flexibility index (Phi) is 4.57.